The van der Waals surface area contributed by atoms with E-state index in [2.05, 4.69) is 17.4 Å². The third-order valence-corrected chi connectivity index (χ3v) is 4.54. The van der Waals surface area contributed by atoms with Gasteiger partial charge in [0.15, 0.2) is 0 Å². The van der Waals surface area contributed by atoms with Crippen molar-refractivity contribution in [3.05, 3.63) is 42.5 Å². The fourth-order valence-electron chi connectivity index (χ4n) is 3.15. The Kier molecular flexibility index (Phi) is 5.33. The second kappa shape index (κ2) is 7.64. The lowest BCUT2D eigenvalue weighted by atomic mass is 10.1. The molecule has 0 radical (unpaired) electrons. The number of likely N-dealkylation sites (N-methyl/N-ethyl adjacent to an activating group) is 1. The molecule has 0 saturated carbocycles. The molecule has 1 N–H and O–H groups in total. The predicted octanol–water partition coefficient (Wildman–Crippen LogP) is 2.05. The maximum Gasteiger partial charge on any atom is 0.237 e. The van der Waals surface area contributed by atoms with Gasteiger partial charge < -0.3 is 14.8 Å². The van der Waals surface area contributed by atoms with Crippen LogP contribution >= 0.6 is 0 Å². The van der Waals surface area contributed by atoms with E-state index in [1.54, 1.807) is 7.11 Å². The second-order valence-electron chi connectivity index (χ2n) is 6.20. The first-order chi connectivity index (χ1) is 11.7. The minimum Gasteiger partial charge on any atom is -0.492 e. The predicted molar refractivity (Wildman–Crippen MR) is 94.3 cm³/mol. The average molecular weight is 328 g/mol. The summed E-state index contributed by atoms with van der Waals surface area (Å²) >= 11 is 0. The van der Waals surface area contributed by atoms with Crippen LogP contribution in [0.3, 0.4) is 0 Å². The van der Waals surface area contributed by atoms with E-state index in [4.69, 9.17) is 9.47 Å². The highest BCUT2D eigenvalue weighted by atomic mass is 16.5. The number of fused-ring (bicyclic) bond motifs is 1. The molecule has 1 aliphatic rings. The Hall–Kier alpha value is -2.11. The SMILES string of the molecule is CO[C@H]1C[C@@H](C(=O)NCCOc2ccc3ccccc3c2)N(C)C1. The van der Waals surface area contributed by atoms with Gasteiger partial charge in [-0.05, 0) is 36.4 Å². The van der Waals surface area contributed by atoms with Gasteiger partial charge in [-0.3, -0.25) is 9.69 Å². The molecule has 0 aromatic heterocycles. The number of carbonyl (C=O) groups excluding carboxylic acids is 1. The topological polar surface area (TPSA) is 50.8 Å². The molecule has 0 aliphatic carbocycles. The Morgan fingerprint density at radius 1 is 1.25 bits per heavy atom. The van der Waals surface area contributed by atoms with Gasteiger partial charge in [0, 0.05) is 13.7 Å². The van der Waals surface area contributed by atoms with Crippen LogP contribution in [0.5, 0.6) is 5.75 Å². The monoisotopic (exact) mass is 328 g/mol. The highest BCUT2D eigenvalue weighted by molar-refractivity contribution is 5.83. The van der Waals surface area contributed by atoms with Gasteiger partial charge in [0.25, 0.3) is 0 Å². The summed E-state index contributed by atoms with van der Waals surface area (Å²) in [5.41, 5.74) is 0. The minimum atomic E-state index is -0.115. The summed E-state index contributed by atoms with van der Waals surface area (Å²) in [5.74, 6) is 0.861. The van der Waals surface area contributed by atoms with Crippen LogP contribution in [0, 0.1) is 0 Å². The second-order valence-corrected chi connectivity index (χ2v) is 6.20. The maximum atomic E-state index is 12.2. The first-order valence-electron chi connectivity index (χ1n) is 8.29. The van der Waals surface area contributed by atoms with Gasteiger partial charge in [0.1, 0.15) is 12.4 Å². The number of methoxy groups -OCH3 is 1. The molecule has 1 fully saturated rings. The molecule has 5 nitrogen and oxygen atoms in total. The molecule has 3 rings (SSSR count). The highest BCUT2D eigenvalue weighted by Gasteiger charge is 2.34. The number of hydrogen-bond donors (Lipinski definition) is 1. The van der Waals surface area contributed by atoms with Crippen molar-refractivity contribution in [1.82, 2.24) is 10.2 Å². The molecule has 0 bridgehead atoms. The number of ether oxygens (including phenoxy) is 2. The van der Waals surface area contributed by atoms with E-state index in [1.165, 1.54) is 5.39 Å². The van der Waals surface area contributed by atoms with E-state index in [0.717, 1.165) is 24.1 Å². The summed E-state index contributed by atoms with van der Waals surface area (Å²) in [7, 11) is 3.64. The van der Waals surface area contributed by atoms with Crippen molar-refractivity contribution in [2.75, 3.05) is 33.9 Å². The molecule has 1 aliphatic heterocycles. The molecule has 5 heteroatoms. The quantitative estimate of drug-likeness (QED) is 0.825. The molecule has 24 heavy (non-hydrogen) atoms. The van der Waals surface area contributed by atoms with Gasteiger partial charge in [-0.25, -0.2) is 0 Å². The van der Waals surface area contributed by atoms with E-state index in [-0.39, 0.29) is 18.1 Å². The van der Waals surface area contributed by atoms with Crippen molar-refractivity contribution >= 4 is 16.7 Å². The molecule has 2 aromatic carbocycles. The van der Waals surface area contributed by atoms with Gasteiger partial charge in [0.05, 0.1) is 18.7 Å². The molecule has 2 atom stereocenters. The summed E-state index contributed by atoms with van der Waals surface area (Å²) in [4.78, 5) is 14.3. The van der Waals surface area contributed by atoms with Crippen LogP contribution in [0.2, 0.25) is 0 Å². The third-order valence-electron chi connectivity index (χ3n) is 4.54. The van der Waals surface area contributed by atoms with Crippen LogP contribution < -0.4 is 10.1 Å². The molecule has 0 spiro atoms. The zero-order valence-electron chi connectivity index (χ0n) is 14.2. The van der Waals surface area contributed by atoms with Crippen LogP contribution in [-0.4, -0.2) is 56.8 Å². The summed E-state index contributed by atoms with van der Waals surface area (Å²) in [6.45, 7) is 1.74. The number of nitrogens with zero attached hydrogens (tertiary/aromatic N) is 1. The fraction of sp³-hybridized carbons (Fsp3) is 0.421. The maximum absolute atomic E-state index is 12.2. The van der Waals surface area contributed by atoms with Gasteiger partial charge in [0.2, 0.25) is 5.91 Å². The normalized spacial score (nSPS) is 21.1. The number of hydrogen-bond acceptors (Lipinski definition) is 4. The Morgan fingerprint density at radius 3 is 2.79 bits per heavy atom. The Balaban J connectivity index is 1.45. The molecule has 0 unspecified atom stereocenters. The van der Waals surface area contributed by atoms with Crippen molar-refractivity contribution < 1.29 is 14.3 Å². The van der Waals surface area contributed by atoms with Gasteiger partial charge in [-0.15, -0.1) is 0 Å². The number of nitrogens with one attached hydrogen (secondary N) is 1. The van der Waals surface area contributed by atoms with Gasteiger partial charge in [-0.2, -0.15) is 0 Å². The summed E-state index contributed by atoms with van der Waals surface area (Å²) in [6.07, 6.45) is 0.879. The Labute approximate surface area is 142 Å². The standard InChI is InChI=1S/C19H24N2O3/c1-21-13-17(23-2)12-18(21)19(22)20-9-10-24-16-8-7-14-5-3-4-6-15(14)11-16/h3-8,11,17-18H,9-10,12-13H2,1-2H3,(H,20,22)/t17-,18-/m0/s1. The number of carbonyl (C=O) groups is 1. The van der Waals surface area contributed by atoms with Crippen molar-refractivity contribution in [3.8, 4) is 5.75 Å². The molecule has 1 saturated heterocycles. The van der Waals surface area contributed by atoms with Crippen molar-refractivity contribution in [2.24, 2.45) is 0 Å². The van der Waals surface area contributed by atoms with E-state index in [9.17, 15) is 4.79 Å². The van der Waals surface area contributed by atoms with E-state index >= 15 is 0 Å². The number of likely N-dealkylation sites (tertiary alicyclic amines) is 1. The zero-order valence-corrected chi connectivity index (χ0v) is 14.2. The smallest absolute Gasteiger partial charge is 0.237 e. The lowest BCUT2D eigenvalue weighted by Crippen LogP contribution is -2.42. The minimum absolute atomic E-state index is 0.0409. The fourth-order valence-corrected chi connectivity index (χ4v) is 3.15. The third kappa shape index (κ3) is 3.86. The van der Waals surface area contributed by atoms with Gasteiger partial charge in [-0.1, -0.05) is 30.3 Å². The zero-order chi connectivity index (χ0) is 16.9. The Bertz CT molecular complexity index is 704. The number of benzene rings is 2. The van der Waals surface area contributed by atoms with Crippen molar-refractivity contribution in [1.29, 1.82) is 0 Å². The summed E-state index contributed by atoms with van der Waals surface area (Å²) in [6, 6.07) is 14.1. The van der Waals surface area contributed by atoms with Crippen LogP contribution in [0.25, 0.3) is 10.8 Å². The van der Waals surface area contributed by atoms with Gasteiger partial charge >= 0.3 is 0 Å². The number of rotatable bonds is 6. The van der Waals surface area contributed by atoms with Crippen LogP contribution in [0.4, 0.5) is 0 Å². The van der Waals surface area contributed by atoms with Crippen LogP contribution in [0.1, 0.15) is 6.42 Å². The molecule has 1 amide bonds. The average Bonchev–Trinajstić information content (AvgIpc) is 2.99. The molecular weight excluding hydrogens is 304 g/mol. The van der Waals surface area contributed by atoms with Crippen molar-refractivity contribution in [2.45, 2.75) is 18.6 Å². The molecule has 1 heterocycles. The lowest BCUT2D eigenvalue weighted by Gasteiger charge is -2.18. The Morgan fingerprint density at radius 2 is 2.04 bits per heavy atom. The number of amides is 1. The molecular formula is C19H24N2O3. The molecule has 2 aromatic rings. The van der Waals surface area contributed by atoms with E-state index in [0.29, 0.717) is 13.2 Å². The molecule has 128 valence electrons. The summed E-state index contributed by atoms with van der Waals surface area (Å²) in [5, 5.41) is 5.29. The first-order valence-corrected chi connectivity index (χ1v) is 8.29. The largest absolute Gasteiger partial charge is 0.492 e. The lowest BCUT2D eigenvalue weighted by molar-refractivity contribution is -0.125. The van der Waals surface area contributed by atoms with Crippen LogP contribution in [-0.2, 0) is 9.53 Å². The van der Waals surface area contributed by atoms with Crippen LogP contribution in [0.15, 0.2) is 42.5 Å². The highest BCUT2D eigenvalue weighted by Crippen LogP contribution is 2.20. The van der Waals surface area contributed by atoms with E-state index in [1.807, 2.05) is 42.3 Å². The van der Waals surface area contributed by atoms with E-state index < -0.39 is 0 Å². The summed E-state index contributed by atoms with van der Waals surface area (Å²) < 4.78 is 11.1. The van der Waals surface area contributed by atoms with Crippen molar-refractivity contribution in [3.63, 3.8) is 0 Å². The first kappa shape index (κ1) is 16.7.